The van der Waals surface area contributed by atoms with E-state index in [-0.39, 0.29) is 0 Å². The van der Waals surface area contributed by atoms with Crippen molar-refractivity contribution < 1.29 is 0 Å². The highest BCUT2D eigenvalue weighted by Crippen LogP contribution is 2.32. The first-order valence-corrected chi connectivity index (χ1v) is 6.69. The van der Waals surface area contributed by atoms with Crippen molar-refractivity contribution in [2.24, 2.45) is 0 Å². The second-order valence-electron chi connectivity index (χ2n) is 3.45. The van der Waals surface area contributed by atoms with Crippen molar-refractivity contribution in [2.75, 3.05) is 18.4 Å². The molecule has 1 unspecified atom stereocenters. The van der Waals surface area contributed by atoms with E-state index in [0.29, 0.717) is 6.04 Å². The fraction of sp³-hybridized carbons (Fsp3) is 0.600. The molecule has 0 N–H and O–H groups in total. The molecule has 1 aliphatic heterocycles. The third-order valence-corrected chi connectivity index (χ3v) is 4.13. The van der Waals surface area contributed by atoms with Crippen molar-refractivity contribution in [3.63, 3.8) is 0 Å². The molecule has 13 heavy (non-hydrogen) atoms. The fourth-order valence-electron chi connectivity index (χ4n) is 1.98. The number of thiophene rings is 1. The maximum atomic E-state index is 3.50. The molecular weight excluding hydrogens is 246 g/mol. The van der Waals surface area contributed by atoms with Gasteiger partial charge in [0.05, 0.1) is 0 Å². The lowest BCUT2D eigenvalue weighted by molar-refractivity contribution is 0.214. The molecule has 2 heterocycles. The molecule has 1 aliphatic rings. The highest BCUT2D eigenvalue weighted by Gasteiger charge is 2.23. The average Bonchev–Trinajstić information content (AvgIpc) is 2.58. The van der Waals surface area contributed by atoms with Crippen LogP contribution in [0.15, 0.2) is 11.4 Å². The largest absolute Gasteiger partial charge is 0.295 e. The van der Waals surface area contributed by atoms with Crippen molar-refractivity contribution in [3.05, 3.63) is 21.9 Å². The number of halogens is 1. The number of fused-ring (bicyclic) bond motifs is 1. The van der Waals surface area contributed by atoms with Crippen LogP contribution in [-0.4, -0.2) is 23.3 Å². The molecule has 0 spiro atoms. The monoisotopic (exact) mass is 259 g/mol. The summed E-state index contributed by atoms with van der Waals surface area (Å²) in [5, 5.41) is 3.30. The molecule has 1 atom stereocenters. The Morgan fingerprint density at radius 3 is 3.31 bits per heavy atom. The molecule has 1 aromatic rings. The van der Waals surface area contributed by atoms with Crippen LogP contribution in [0.25, 0.3) is 0 Å². The Morgan fingerprint density at radius 2 is 2.54 bits per heavy atom. The lowest BCUT2D eigenvalue weighted by atomic mass is 10.0. The molecule has 0 aromatic carbocycles. The van der Waals surface area contributed by atoms with E-state index in [0.717, 1.165) is 11.9 Å². The van der Waals surface area contributed by atoms with Crippen LogP contribution < -0.4 is 0 Å². The summed E-state index contributed by atoms with van der Waals surface area (Å²) in [7, 11) is 0. The van der Waals surface area contributed by atoms with Gasteiger partial charge in [-0.05, 0) is 30.4 Å². The molecule has 0 bridgehead atoms. The first-order valence-electron chi connectivity index (χ1n) is 4.69. The predicted molar refractivity (Wildman–Crippen MR) is 61.8 cm³/mol. The van der Waals surface area contributed by atoms with Crippen LogP contribution in [0.3, 0.4) is 0 Å². The summed E-state index contributed by atoms with van der Waals surface area (Å²) in [6.07, 6.45) is 1.24. The van der Waals surface area contributed by atoms with E-state index in [4.69, 9.17) is 0 Å². The van der Waals surface area contributed by atoms with E-state index in [2.05, 4.69) is 39.2 Å². The van der Waals surface area contributed by atoms with Crippen LogP contribution >= 0.6 is 27.3 Å². The lowest BCUT2D eigenvalue weighted by Crippen LogP contribution is -2.34. The molecule has 0 fully saturated rings. The number of alkyl halides is 1. The lowest BCUT2D eigenvalue weighted by Gasteiger charge is -2.32. The Morgan fingerprint density at radius 1 is 1.69 bits per heavy atom. The van der Waals surface area contributed by atoms with Gasteiger partial charge in [-0.2, -0.15) is 0 Å². The molecule has 3 heteroatoms. The summed E-state index contributed by atoms with van der Waals surface area (Å²) in [6.45, 7) is 4.70. The molecule has 72 valence electrons. The summed E-state index contributed by atoms with van der Waals surface area (Å²) < 4.78 is 0. The van der Waals surface area contributed by atoms with Crippen molar-refractivity contribution >= 4 is 27.3 Å². The number of nitrogens with zero attached hydrogens (tertiary/aromatic N) is 1. The van der Waals surface area contributed by atoms with Gasteiger partial charge in [0.1, 0.15) is 0 Å². The van der Waals surface area contributed by atoms with Gasteiger partial charge in [0, 0.05) is 29.3 Å². The normalized spacial score (nSPS) is 23.1. The van der Waals surface area contributed by atoms with E-state index in [1.165, 1.54) is 13.0 Å². The zero-order valence-corrected chi connectivity index (χ0v) is 10.2. The third kappa shape index (κ3) is 1.83. The van der Waals surface area contributed by atoms with Gasteiger partial charge >= 0.3 is 0 Å². The van der Waals surface area contributed by atoms with Gasteiger partial charge < -0.3 is 0 Å². The van der Waals surface area contributed by atoms with Crippen molar-refractivity contribution in [1.29, 1.82) is 0 Å². The smallest absolute Gasteiger partial charge is 0.0331 e. The first kappa shape index (κ1) is 9.69. The van der Waals surface area contributed by atoms with Gasteiger partial charge in [0.15, 0.2) is 0 Å². The fourth-order valence-corrected chi connectivity index (χ4v) is 3.39. The van der Waals surface area contributed by atoms with Crippen molar-refractivity contribution in [2.45, 2.75) is 19.4 Å². The van der Waals surface area contributed by atoms with E-state index in [9.17, 15) is 0 Å². The van der Waals surface area contributed by atoms with E-state index in [1.54, 1.807) is 10.4 Å². The Kier molecular flexibility index (Phi) is 3.06. The van der Waals surface area contributed by atoms with Gasteiger partial charge in [-0.25, -0.2) is 0 Å². The SMILES string of the molecule is CC1c2ccsc2CCN1CCBr. The van der Waals surface area contributed by atoms with Crippen molar-refractivity contribution in [3.8, 4) is 0 Å². The standard InChI is InChI=1S/C10H14BrNS/c1-8-9-3-7-13-10(9)2-5-12(8)6-4-11/h3,7-8H,2,4-6H2,1H3. The minimum absolute atomic E-state index is 0.618. The van der Waals surface area contributed by atoms with Crippen LogP contribution in [0.4, 0.5) is 0 Å². The van der Waals surface area contributed by atoms with E-state index < -0.39 is 0 Å². The molecule has 2 rings (SSSR count). The molecule has 0 amide bonds. The summed E-state index contributed by atoms with van der Waals surface area (Å²) in [5.41, 5.74) is 1.55. The molecular formula is C10H14BrNS. The van der Waals surface area contributed by atoms with Crippen LogP contribution in [-0.2, 0) is 6.42 Å². The van der Waals surface area contributed by atoms with Crippen molar-refractivity contribution in [1.82, 2.24) is 4.90 Å². The topological polar surface area (TPSA) is 3.24 Å². The predicted octanol–water partition coefficient (Wildman–Crippen LogP) is 3.06. The number of hydrogen-bond acceptors (Lipinski definition) is 2. The maximum Gasteiger partial charge on any atom is 0.0331 e. The minimum atomic E-state index is 0.618. The summed E-state index contributed by atoms with van der Waals surface area (Å²) in [5.74, 6) is 0. The first-order chi connectivity index (χ1) is 6.33. The maximum absolute atomic E-state index is 3.50. The quantitative estimate of drug-likeness (QED) is 0.739. The second-order valence-corrected chi connectivity index (χ2v) is 5.24. The third-order valence-electron chi connectivity index (χ3n) is 2.78. The highest BCUT2D eigenvalue weighted by atomic mass is 79.9. The van der Waals surface area contributed by atoms with Crippen LogP contribution in [0, 0.1) is 0 Å². The van der Waals surface area contributed by atoms with Gasteiger partial charge in [0.2, 0.25) is 0 Å². The summed E-state index contributed by atoms with van der Waals surface area (Å²) in [4.78, 5) is 4.14. The number of hydrogen-bond donors (Lipinski definition) is 0. The molecule has 1 nitrogen and oxygen atoms in total. The van der Waals surface area contributed by atoms with E-state index in [1.807, 2.05) is 11.3 Å². The average molecular weight is 260 g/mol. The van der Waals surface area contributed by atoms with Crippen LogP contribution in [0.1, 0.15) is 23.4 Å². The Balaban J connectivity index is 2.17. The Bertz CT molecular complexity index is 284. The van der Waals surface area contributed by atoms with Gasteiger partial charge in [0.25, 0.3) is 0 Å². The molecule has 0 aliphatic carbocycles. The summed E-state index contributed by atoms with van der Waals surface area (Å²) in [6, 6.07) is 2.90. The minimum Gasteiger partial charge on any atom is -0.295 e. The molecule has 0 saturated carbocycles. The highest BCUT2D eigenvalue weighted by molar-refractivity contribution is 9.09. The van der Waals surface area contributed by atoms with Gasteiger partial charge in [-0.1, -0.05) is 15.9 Å². The second kappa shape index (κ2) is 4.11. The Hall–Kier alpha value is 0.140. The molecule has 0 radical (unpaired) electrons. The zero-order chi connectivity index (χ0) is 9.26. The zero-order valence-electron chi connectivity index (χ0n) is 7.79. The van der Waals surface area contributed by atoms with E-state index >= 15 is 0 Å². The van der Waals surface area contributed by atoms with Gasteiger partial charge in [-0.15, -0.1) is 11.3 Å². The number of rotatable bonds is 2. The Labute approximate surface area is 91.9 Å². The molecule has 0 saturated heterocycles. The molecule has 1 aromatic heterocycles. The van der Waals surface area contributed by atoms with Crippen LogP contribution in [0.2, 0.25) is 0 Å². The van der Waals surface area contributed by atoms with Crippen LogP contribution in [0.5, 0.6) is 0 Å². The van der Waals surface area contributed by atoms with Gasteiger partial charge in [-0.3, -0.25) is 4.90 Å². The summed E-state index contributed by atoms with van der Waals surface area (Å²) >= 11 is 5.41.